The summed E-state index contributed by atoms with van der Waals surface area (Å²) in [5.74, 6) is 1.60. The maximum atomic E-state index is 2.62. The monoisotopic (exact) mass is 217 g/mol. The van der Waals surface area contributed by atoms with Crippen molar-refractivity contribution in [2.45, 2.75) is 32.6 Å². The second kappa shape index (κ2) is 5.49. The molecule has 0 spiro atoms. The van der Waals surface area contributed by atoms with E-state index in [1.54, 1.807) is 0 Å². The predicted octanol–water partition coefficient (Wildman–Crippen LogP) is 3.52. The summed E-state index contributed by atoms with van der Waals surface area (Å²) in [6, 6.07) is 11.0. The molecule has 1 saturated heterocycles. The first kappa shape index (κ1) is 11.7. The fraction of sp³-hybridized carbons (Fsp3) is 0.600. The minimum atomic E-state index is 0.796. The van der Waals surface area contributed by atoms with Gasteiger partial charge in [0, 0.05) is 6.54 Å². The van der Waals surface area contributed by atoms with Crippen molar-refractivity contribution in [3.63, 3.8) is 0 Å². The summed E-state index contributed by atoms with van der Waals surface area (Å²) in [7, 11) is 0. The Morgan fingerprint density at radius 1 is 1.12 bits per heavy atom. The molecule has 0 aliphatic carbocycles. The van der Waals surface area contributed by atoms with E-state index in [-0.39, 0.29) is 0 Å². The van der Waals surface area contributed by atoms with Gasteiger partial charge in [-0.15, -0.1) is 0 Å². The highest BCUT2D eigenvalue weighted by Crippen LogP contribution is 2.27. The molecule has 1 aromatic carbocycles. The molecule has 0 atom stereocenters. The summed E-state index contributed by atoms with van der Waals surface area (Å²) in [6.07, 6.45) is 2.66. The van der Waals surface area contributed by atoms with Crippen LogP contribution in [-0.2, 0) is 0 Å². The number of rotatable bonds is 3. The van der Waals surface area contributed by atoms with Crippen LogP contribution in [0.1, 0.15) is 38.2 Å². The third-order valence-electron chi connectivity index (χ3n) is 3.48. The number of nitrogens with zero attached hydrogens (tertiary/aromatic N) is 1. The van der Waals surface area contributed by atoms with Crippen LogP contribution in [0.15, 0.2) is 30.3 Å². The van der Waals surface area contributed by atoms with Gasteiger partial charge in [-0.1, -0.05) is 44.2 Å². The van der Waals surface area contributed by atoms with E-state index in [4.69, 9.17) is 0 Å². The third-order valence-corrected chi connectivity index (χ3v) is 3.48. The fourth-order valence-corrected chi connectivity index (χ4v) is 2.69. The van der Waals surface area contributed by atoms with Crippen molar-refractivity contribution in [3.8, 4) is 0 Å². The normalized spacial score (nSPS) is 19.2. The van der Waals surface area contributed by atoms with Crippen LogP contribution in [0.25, 0.3) is 0 Å². The van der Waals surface area contributed by atoms with Crippen LogP contribution in [0.5, 0.6) is 0 Å². The quantitative estimate of drug-likeness (QED) is 0.748. The van der Waals surface area contributed by atoms with Gasteiger partial charge in [-0.2, -0.15) is 0 Å². The lowest BCUT2D eigenvalue weighted by molar-refractivity contribution is 0.192. The second-order valence-corrected chi connectivity index (χ2v) is 5.38. The van der Waals surface area contributed by atoms with Crippen molar-refractivity contribution in [1.82, 2.24) is 4.90 Å². The van der Waals surface area contributed by atoms with Crippen LogP contribution in [0.2, 0.25) is 0 Å². The third kappa shape index (κ3) is 3.08. The Labute approximate surface area is 99.5 Å². The predicted molar refractivity (Wildman–Crippen MR) is 69.7 cm³/mol. The van der Waals surface area contributed by atoms with Gasteiger partial charge in [0.1, 0.15) is 0 Å². The van der Waals surface area contributed by atoms with Crippen LogP contribution in [0.4, 0.5) is 0 Å². The van der Waals surface area contributed by atoms with Crippen molar-refractivity contribution in [1.29, 1.82) is 0 Å². The van der Waals surface area contributed by atoms with Gasteiger partial charge >= 0.3 is 0 Å². The van der Waals surface area contributed by atoms with Gasteiger partial charge in [-0.3, -0.25) is 0 Å². The first-order valence-corrected chi connectivity index (χ1v) is 6.53. The highest BCUT2D eigenvalue weighted by atomic mass is 15.1. The molecule has 1 heterocycles. The number of hydrogen-bond acceptors (Lipinski definition) is 1. The molecular weight excluding hydrogens is 194 g/mol. The van der Waals surface area contributed by atoms with Crippen LogP contribution < -0.4 is 0 Å². The van der Waals surface area contributed by atoms with Gasteiger partial charge in [0.05, 0.1) is 0 Å². The SMILES string of the molecule is CC(C)CN1CCC(c2ccccc2)CC1. The Balaban J connectivity index is 1.86. The summed E-state index contributed by atoms with van der Waals surface area (Å²) < 4.78 is 0. The van der Waals surface area contributed by atoms with Gasteiger partial charge in [-0.25, -0.2) is 0 Å². The van der Waals surface area contributed by atoms with E-state index in [0.717, 1.165) is 11.8 Å². The average molecular weight is 217 g/mol. The molecule has 0 amide bonds. The molecule has 1 aromatic rings. The Morgan fingerprint density at radius 3 is 2.31 bits per heavy atom. The standard InChI is InChI=1S/C15H23N/c1-13(2)12-16-10-8-15(9-11-16)14-6-4-3-5-7-14/h3-7,13,15H,8-12H2,1-2H3. The van der Waals surface area contributed by atoms with E-state index in [2.05, 4.69) is 49.1 Å². The van der Waals surface area contributed by atoms with E-state index >= 15 is 0 Å². The zero-order valence-corrected chi connectivity index (χ0v) is 10.5. The molecule has 1 aliphatic heterocycles. The lowest BCUT2D eigenvalue weighted by Crippen LogP contribution is -2.35. The van der Waals surface area contributed by atoms with Crippen LogP contribution in [0, 0.1) is 5.92 Å². The van der Waals surface area contributed by atoms with E-state index in [1.807, 2.05) is 0 Å². The molecule has 1 nitrogen and oxygen atoms in total. The van der Waals surface area contributed by atoms with Gasteiger partial charge < -0.3 is 4.90 Å². The number of hydrogen-bond donors (Lipinski definition) is 0. The lowest BCUT2D eigenvalue weighted by atomic mass is 9.89. The lowest BCUT2D eigenvalue weighted by Gasteiger charge is -2.33. The first-order chi connectivity index (χ1) is 7.75. The summed E-state index contributed by atoms with van der Waals surface area (Å²) in [6.45, 7) is 8.43. The summed E-state index contributed by atoms with van der Waals surface area (Å²) >= 11 is 0. The minimum Gasteiger partial charge on any atom is -0.303 e. The van der Waals surface area contributed by atoms with Gasteiger partial charge in [-0.05, 0) is 43.3 Å². The summed E-state index contributed by atoms with van der Waals surface area (Å²) in [4.78, 5) is 2.62. The summed E-state index contributed by atoms with van der Waals surface area (Å²) in [5, 5.41) is 0. The molecule has 88 valence electrons. The molecule has 2 rings (SSSR count). The first-order valence-electron chi connectivity index (χ1n) is 6.53. The Morgan fingerprint density at radius 2 is 1.75 bits per heavy atom. The van der Waals surface area contributed by atoms with Gasteiger partial charge in [0.2, 0.25) is 0 Å². The van der Waals surface area contributed by atoms with E-state index in [0.29, 0.717) is 0 Å². The Bertz CT molecular complexity index is 296. The fourth-order valence-electron chi connectivity index (χ4n) is 2.69. The van der Waals surface area contributed by atoms with Crippen molar-refractivity contribution >= 4 is 0 Å². The van der Waals surface area contributed by atoms with Gasteiger partial charge in [0.25, 0.3) is 0 Å². The smallest absolute Gasteiger partial charge is 0.000439 e. The van der Waals surface area contributed by atoms with E-state index in [1.165, 1.54) is 38.0 Å². The minimum absolute atomic E-state index is 0.796. The van der Waals surface area contributed by atoms with Crippen LogP contribution >= 0.6 is 0 Å². The van der Waals surface area contributed by atoms with Gasteiger partial charge in [0.15, 0.2) is 0 Å². The van der Waals surface area contributed by atoms with Crippen molar-refractivity contribution < 1.29 is 0 Å². The van der Waals surface area contributed by atoms with E-state index in [9.17, 15) is 0 Å². The highest BCUT2D eigenvalue weighted by molar-refractivity contribution is 5.19. The number of piperidine rings is 1. The largest absolute Gasteiger partial charge is 0.303 e. The molecule has 0 bridgehead atoms. The highest BCUT2D eigenvalue weighted by Gasteiger charge is 2.20. The molecule has 0 radical (unpaired) electrons. The number of likely N-dealkylation sites (tertiary alicyclic amines) is 1. The molecule has 1 heteroatoms. The molecule has 0 saturated carbocycles. The summed E-state index contributed by atoms with van der Waals surface area (Å²) in [5.41, 5.74) is 1.53. The second-order valence-electron chi connectivity index (χ2n) is 5.38. The topological polar surface area (TPSA) is 3.24 Å². The molecule has 1 fully saturated rings. The average Bonchev–Trinajstić information content (AvgIpc) is 2.30. The van der Waals surface area contributed by atoms with Crippen molar-refractivity contribution in [2.75, 3.05) is 19.6 Å². The Hall–Kier alpha value is -0.820. The van der Waals surface area contributed by atoms with Crippen molar-refractivity contribution in [2.24, 2.45) is 5.92 Å². The zero-order valence-electron chi connectivity index (χ0n) is 10.5. The molecule has 0 unspecified atom stereocenters. The zero-order chi connectivity index (χ0) is 11.4. The molecule has 1 aliphatic rings. The maximum Gasteiger partial charge on any atom is 0.000439 e. The molecule has 0 N–H and O–H groups in total. The molecule has 0 aromatic heterocycles. The van der Waals surface area contributed by atoms with Crippen LogP contribution in [0.3, 0.4) is 0 Å². The molecule has 16 heavy (non-hydrogen) atoms. The number of benzene rings is 1. The van der Waals surface area contributed by atoms with E-state index < -0.39 is 0 Å². The van der Waals surface area contributed by atoms with Crippen molar-refractivity contribution in [3.05, 3.63) is 35.9 Å². The maximum absolute atomic E-state index is 2.62. The molecular formula is C15H23N. The van der Waals surface area contributed by atoms with Crippen LogP contribution in [-0.4, -0.2) is 24.5 Å². The Kier molecular flexibility index (Phi) is 4.00.